The van der Waals surface area contributed by atoms with Gasteiger partial charge in [0.25, 0.3) is 5.91 Å². The van der Waals surface area contributed by atoms with Crippen LogP contribution in [0.4, 0.5) is 4.39 Å². The third kappa shape index (κ3) is 5.41. The molecule has 3 rings (SSSR count). The summed E-state index contributed by atoms with van der Waals surface area (Å²) < 4.78 is 18.5. The van der Waals surface area contributed by atoms with Crippen molar-refractivity contribution in [2.75, 3.05) is 0 Å². The monoisotopic (exact) mass is 396 g/mol. The summed E-state index contributed by atoms with van der Waals surface area (Å²) >= 11 is 6.03. The second-order valence-electron chi connectivity index (χ2n) is 6.15. The van der Waals surface area contributed by atoms with Crippen molar-refractivity contribution in [3.05, 3.63) is 99.8 Å². The van der Waals surface area contributed by atoms with Crippen LogP contribution in [0, 0.1) is 12.7 Å². The van der Waals surface area contributed by atoms with Crippen molar-refractivity contribution in [1.82, 2.24) is 5.43 Å². The molecule has 0 aliphatic carbocycles. The molecule has 0 bridgehead atoms. The van der Waals surface area contributed by atoms with E-state index in [2.05, 4.69) is 10.5 Å². The predicted molar refractivity (Wildman–Crippen MR) is 108 cm³/mol. The Hall–Kier alpha value is -3.18. The van der Waals surface area contributed by atoms with Gasteiger partial charge in [0.05, 0.1) is 6.21 Å². The highest BCUT2D eigenvalue weighted by molar-refractivity contribution is 6.31. The highest BCUT2D eigenvalue weighted by Crippen LogP contribution is 2.17. The molecule has 28 heavy (non-hydrogen) atoms. The molecule has 142 valence electrons. The molecule has 0 saturated heterocycles. The molecule has 0 atom stereocenters. The average Bonchev–Trinajstić information content (AvgIpc) is 2.70. The van der Waals surface area contributed by atoms with E-state index in [1.54, 1.807) is 42.5 Å². The summed E-state index contributed by atoms with van der Waals surface area (Å²) in [6.07, 6.45) is 1.54. The van der Waals surface area contributed by atoms with Crippen LogP contribution in [0.25, 0.3) is 0 Å². The second kappa shape index (κ2) is 9.15. The summed E-state index contributed by atoms with van der Waals surface area (Å²) in [5.74, 6) is 0.0715. The Labute approximate surface area is 167 Å². The van der Waals surface area contributed by atoms with E-state index in [-0.39, 0.29) is 11.7 Å². The highest BCUT2D eigenvalue weighted by atomic mass is 35.5. The average molecular weight is 397 g/mol. The van der Waals surface area contributed by atoms with Crippen molar-refractivity contribution in [3.8, 4) is 5.75 Å². The molecule has 1 amide bonds. The Morgan fingerprint density at radius 2 is 1.82 bits per heavy atom. The van der Waals surface area contributed by atoms with Crippen LogP contribution in [0.1, 0.15) is 27.0 Å². The van der Waals surface area contributed by atoms with Gasteiger partial charge in [-0.05, 0) is 72.1 Å². The van der Waals surface area contributed by atoms with E-state index in [0.29, 0.717) is 22.9 Å². The predicted octanol–water partition coefficient (Wildman–Crippen LogP) is 5.13. The van der Waals surface area contributed by atoms with Gasteiger partial charge in [0.2, 0.25) is 0 Å². The molecule has 0 spiro atoms. The molecular weight excluding hydrogens is 379 g/mol. The lowest BCUT2D eigenvalue weighted by Gasteiger charge is -2.06. The van der Waals surface area contributed by atoms with E-state index in [1.807, 2.05) is 19.1 Å². The number of rotatable bonds is 6. The van der Waals surface area contributed by atoms with Gasteiger partial charge in [-0.15, -0.1) is 0 Å². The minimum Gasteiger partial charge on any atom is -0.489 e. The van der Waals surface area contributed by atoms with Gasteiger partial charge in [0.15, 0.2) is 0 Å². The van der Waals surface area contributed by atoms with Crippen LogP contribution in [0.15, 0.2) is 71.8 Å². The lowest BCUT2D eigenvalue weighted by atomic mass is 10.1. The first-order valence-electron chi connectivity index (χ1n) is 8.58. The normalized spacial score (nSPS) is 10.8. The van der Waals surface area contributed by atoms with Crippen molar-refractivity contribution < 1.29 is 13.9 Å². The Balaban J connectivity index is 1.52. The van der Waals surface area contributed by atoms with E-state index in [9.17, 15) is 9.18 Å². The number of hydrazone groups is 1. The van der Waals surface area contributed by atoms with Crippen LogP contribution in [-0.2, 0) is 6.61 Å². The molecule has 0 aromatic heterocycles. The Bertz CT molecular complexity index is 986. The van der Waals surface area contributed by atoms with Gasteiger partial charge in [-0.1, -0.05) is 29.8 Å². The molecular formula is C22H18ClFN2O2. The zero-order valence-corrected chi connectivity index (χ0v) is 15.9. The van der Waals surface area contributed by atoms with Crippen LogP contribution in [0.2, 0.25) is 5.02 Å². The van der Waals surface area contributed by atoms with Crippen LogP contribution < -0.4 is 10.2 Å². The molecule has 6 heteroatoms. The largest absolute Gasteiger partial charge is 0.489 e. The molecule has 3 aromatic rings. The van der Waals surface area contributed by atoms with Crippen molar-refractivity contribution in [3.63, 3.8) is 0 Å². The van der Waals surface area contributed by atoms with Gasteiger partial charge in [-0.2, -0.15) is 5.10 Å². The van der Waals surface area contributed by atoms with Gasteiger partial charge < -0.3 is 4.74 Å². The van der Waals surface area contributed by atoms with Crippen LogP contribution >= 0.6 is 11.6 Å². The number of nitrogens with zero attached hydrogens (tertiary/aromatic N) is 1. The van der Waals surface area contributed by atoms with E-state index < -0.39 is 0 Å². The molecule has 0 radical (unpaired) electrons. The standard InChI is InChI=1S/C22H18ClFN2O2/c1-15-2-7-18(12-21(15)23)22(27)26-25-13-16-5-10-20(11-6-16)28-14-17-3-8-19(24)9-4-17/h2-13H,14H2,1H3,(H,26,27)/b25-13-. The summed E-state index contributed by atoms with van der Waals surface area (Å²) in [6.45, 7) is 2.22. The number of benzene rings is 3. The molecule has 3 aromatic carbocycles. The first-order valence-corrected chi connectivity index (χ1v) is 8.96. The van der Waals surface area contributed by atoms with Gasteiger partial charge in [-0.25, -0.2) is 9.82 Å². The second-order valence-corrected chi connectivity index (χ2v) is 6.55. The topological polar surface area (TPSA) is 50.7 Å². The third-order valence-corrected chi connectivity index (χ3v) is 4.42. The number of carbonyl (C=O) groups is 1. The summed E-state index contributed by atoms with van der Waals surface area (Å²) in [4.78, 5) is 12.1. The number of aryl methyl sites for hydroxylation is 1. The van der Waals surface area contributed by atoms with Crippen molar-refractivity contribution >= 4 is 23.7 Å². The summed E-state index contributed by atoms with van der Waals surface area (Å²) in [5.41, 5.74) is 5.50. The number of hydrogen-bond donors (Lipinski definition) is 1. The SMILES string of the molecule is Cc1ccc(C(=O)N/N=C\c2ccc(OCc3ccc(F)cc3)cc2)cc1Cl. The zero-order chi connectivity index (χ0) is 19.9. The summed E-state index contributed by atoms with van der Waals surface area (Å²) in [7, 11) is 0. The third-order valence-electron chi connectivity index (χ3n) is 4.01. The number of hydrogen-bond acceptors (Lipinski definition) is 3. The van der Waals surface area contributed by atoms with Crippen molar-refractivity contribution in [2.24, 2.45) is 5.10 Å². The van der Waals surface area contributed by atoms with Gasteiger partial charge in [-0.3, -0.25) is 4.79 Å². The first-order chi connectivity index (χ1) is 13.5. The van der Waals surface area contributed by atoms with Crippen LogP contribution in [0.5, 0.6) is 5.75 Å². The number of amides is 1. The lowest BCUT2D eigenvalue weighted by molar-refractivity contribution is 0.0955. The number of carbonyl (C=O) groups excluding carboxylic acids is 1. The van der Waals surface area contributed by atoms with Gasteiger partial charge >= 0.3 is 0 Å². The fourth-order valence-electron chi connectivity index (χ4n) is 2.36. The maximum absolute atomic E-state index is 12.9. The number of halogens is 2. The molecule has 0 aliphatic heterocycles. The Kier molecular flexibility index (Phi) is 6.40. The maximum atomic E-state index is 12.9. The molecule has 4 nitrogen and oxygen atoms in total. The highest BCUT2D eigenvalue weighted by Gasteiger charge is 2.06. The van der Waals surface area contributed by atoms with E-state index in [0.717, 1.165) is 16.7 Å². The van der Waals surface area contributed by atoms with Crippen molar-refractivity contribution in [1.29, 1.82) is 0 Å². The first kappa shape index (κ1) is 19.6. The fourth-order valence-corrected chi connectivity index (χ4v) is 2.54. The Morgan fingerprint density at radius 3 is 2.50 bits per heavy atom. The summed E-state index contributed by atoms with van der Waals surface area (Å²) in [5, 5.41) is 4.49. The molecule has 0 heterocycles. The number of nitrogens with one attached hydrogen (secondary N) is 1. The number of ether oxygens (including phenoxy) is 1. The Morgan fingerprint density at radius 1 is 1.11 bits per heavy atom. The minimum atomic E-state index is -0.336. The summed E-state index contributed by atoms with van der Waals surface area (Å²) in [6, 6.07) is 18.5. The molecule has 0 fully saturated rings. The fraction of sp³-hybridized carbons (Fsp3) is 0.0909. The van der Waals surface area contributed by atoms with Crippen LogP contribution in [-0.4, -0.2) is 12.1 Å². The van der Waals surface area contributed by atoms with Crippen molar-refractivity contribution in [2.45, 2.75) is 13.5 Å². The quantitative estimate of drug-likeness (QED) is 0.464. The minimum absolute atomic E-state index is 0.273. The van der Waals surface area contributed by atoms with E-state index >= 15 is 0 Å². The maximum Gasteiger partial charge on any atom is 0.271 e. The van der Waals surface area contributed by atoms with E-state index in [4.69, 9.17) is 16.3 Å². The van der Waals surface area contributed by atoms with Gasteiger partial charge in [0, 0.05) is 10.6 Å². The smallest absolute Gasteiger partial charge is 0.271 e. The molecule has 0 saturated carbocycles. The molecule has 1 N–H and O–H groups in total. The molecule has 0 unspecified atom stereocenters. The van der Waals surface area contributed by atoms with Gasteiger partial charge in [0.1, 0.15) is 18.2 Å². The molecule has 0 aliphatic rings. The lowest BCUT2D eigenvalue weighted by Crippen LogP contribution is -2.17. The van der Waals surface area contributed by atoms with Crippen LogP contribution in [0.3, 0.4) is 0 Å². The zero-order valence-electron chi connectivity index (χ0n) is 15.2. The van der Waals surface area contributed by atoms with E-state index in [1.165, 1.54) is 18.3 Å².